The first-order valence-corrected chi connectivity index (χ1v) is 9.32. The van der Waals surface area contributed by atoms with Gasteiger partial charge in [-0.15, -0.1) is 10.2 Å². The summed E-state index contributed by atoms with van der Waals surface area (Å²) in [6.45, 7) is 6.21. The molecule has 0 aliphatic carbocycles. The van der Waals surface area contributed by atoms with Crippen molar-refractivity contribution in [1.29, 1.82) is 0 Å². The fourth-order valence-electron chi connectivity index (χ4n) is 3.96. The number of aryl methyl sites for hydroxylation is 1. The van der Waals surface area contributed by atoms with Crippen LogP contribution in [0.2, 0.25) is 0 Å². The summed E-state index contributed by atoms with van der Waals surface area (Å²) >= 11 is 0. The lowest BCUT2D eigenvalue weighted by Crippen LogP contribution is -2.40. The van der Waals surface area contributed by atoms with Crippen molar-refractivity contribution in [3.05, 3.63) is 23.0 Å². The number of carbonyl (C=O) groups is 1. The molecule has 0 spiro atoms. The van der Waals surface area contributed by atoms with E-state index in [1.165, 1.54) is 12.8 Å². The number of piperidine rings is 1. The van der Waals surface area contributed by atoms with Crippen molar-refractivity contribution in [2.45, 2.75) is 45.1 Å². The molecule has 2 fully saturated rings. The third kappa shape index (κ3) is 3.23. The van der Waals surface area contributed by atoms with E-state index in [-0.39, 0.29) is 11.8 Å². The number of hydrogen-bond donors (Lipinski definition) is 0. The van der Waals surface area contributed by atoms with Crippen LogP contribution in [0.4, 0.5) is 0 Å². The second-order valence-corrected chi connectivity index (χ2v) is 7.31. The first-order valence-electron chi connectivity index (χ1n) is 9.32. The van der Waals surface area contributed by atoms with Gasteiger partial charge in [-0.1, -0.05) is 5.16 Å². The summed E-state index contributed by atoms with van der Waals surface area (Å²) in [5, 5.41) is 16.3. The lowest BCUT2D eigenvalue weighted by molar-refractivity contribution is 0.0691. The van der Waals surface area contributed by atoms with Crippen molar-refractivity contribution in [1.82, 2.24) is 34.9 Å². The van der Waals surface area contributed by atoms with Gasteiger partial charge < -0.3 is 9.47 Å². The van der Waals surface area contributed by atoms with Gasteiger partial charge in [0.25, 0.3) is 5.91 Å². The second kappa shape index (κ2) is 7.14. The molecule has 4 heterocycles. The van der Waals surface area contributed by atoms with E-state index in [1.54, 1.807) is 6.92 Å². The quantitative estimate of drug-likeness (QED) is 0.807. The van der Waals surface area contributed by atoms with Gasteiger partial charge in [0, 0.05) is 26.1 Å². The van der Waals surface area contributed by atoms with Crippen LogP contribution in [0.15, 0.2) is 4.63 Å². The molecule has 2 aromatic rings. The van der Waals surface area contributed by atoms with Crippen LogP contribution in [0.25, 0.3) is 0 Å². The molecular weight excluding hydrogens is 334 g/mol. The van der Waals surface area contributed by atoms with Crippen LogP contribution in [0.1, 0.15) is 59.4 Å². The van der Waals surface area contributed by atoms with Crippen molar-refractivity contribution in [2.24, 2.45) is 7.05 Å². The number of likely N-dealkylation sites (tertiary alicyclic amines) is 2. The standard InChI is InChI=1S/C17H25N7O2/c1-12-15(21-26-20-12)17(25)24-9-5-6-13(10-24)16-19-18-14(22(16)2)11-23-7-3-4-8-23/h13H,3-11H2,1-2H3. The van der Waals surface area contributed by atoms with Gasteiger partial charge in [0.2, 0.25) is 0 Å². The van der Waals surface area contributed by atoms with E-state index in [9.17, 15) is 4.79 Å². The van der Waals surface area contributed by atoms with Crippen LogP contribution >= 0.6 is 0 Å². The minimum atomic E-state index is -0.118. The number of hydrogen-bond acceptors (Lipinski definition) is 7. The molecule has 9 heteroatoms. The highest BCUT2D eigenvalue weighted by molar-refractivity contribution is 5.93. The van der Waals surface area contributed by atoms with E-state index in [0.717, 1.165) is 50.7 Å². The maximum atomic E-state index is 12.7. The zero-order valence-corrected chi connectivity index (χ0v) is 15.4. The summed E-state index contributed by atoms with van der Waals surface area (Å²) in [5.74, 6) is 2.04. The van der Waals surface area contributed by atoms with Crippen molar-refractivity contribution in [3.8, 4) is 0 Å². The molecule has 1 unspecified atom stereocenters. The van der Waals surface area contributed by atoms with Gasteiger partial charge >= 0.3 is 0 Å². The molecule has 2 aliphatic rings. The maximum absolute atomic E-state index is 12.7. The summed E-state index contributed by atoms with van der Waals surface area (Å²) in [6, 6.07) is 0. The topological polar surface area (TPSA) is 93.2 Å². The third-order valence-corrected chi connectivity index (χ3v) is 5.49. The predicted octanol–water partition coefficient (Wildman–Crippen LogP) is 1.12. The predicted molar refractivity (Wildman–Crippen MR) is 92.4 cm³/mol. The van der Waals surface area contributed by atoms with Crippen molar-refractivity contribution >= 4 is 5.91 Å². The molecule has 4 rings (SSSR count). The van der Waals surface area contributed by atoms with E-state index in [4.69, 9.17) is 0 Å². The van der Waals surface area contributed by atoms with Gasteiger partial charge in [-0.3, -0.25) is 9.69 Å². The largest absolute Gasteiger partial charge is 0.336 e. The van der Waals surface area contributed by atoms with Gasteiger partial charge in [0.1, 0.15) is 17.3 Å². The third-order valence-electron chi connectivity index (χ3n) is 5.49. The smallest absolute Gasteiger partial charge is 0.278 e. The Kier molecular flexibility index (Phi) is 4.71. The SMILES string of the molecule is Cc1nonc1C(=O)N1CCCC(c2nnc(CN3CCCC3)n2C)C1. The fraction of sp³-hybridized carbons (Fsp3) is 0.706. The number of aromatic nitrogens is 5. The van der Waals surface area contributed by atoms with Crippen LogP contribution in [0.5, 0.6) is 0 Å². The van der Waals surface area contributed by atoms with Crippen LogP contribution in [0.3, 0.4) is 0 Å². The summed E-state index contributed by atoms with van der Waals surface area (Å²) in [7, 11) is 2.03. The Morgan fingerprint density at radius 1 is 1.15 bits per heavy atom. The molecule has 26 heavy (non-hydrogen) atoms. The van der Waals surface area contributed by atoms with E-state index in [1.807, 2.05) is 11.9 Å². The molecule has 1 atom stereocenters. The Morgan fingerprint density at radius 3 is 2.69 bits per heavy atom. The molecule has 2 saturated heterocycles. The molecule has 1 amide bonds. The Balaban J connectivity index is 1.47. The summed E-state index contributed by atoms with van der Waals surface area (Å²) in [5.41, 5.74) is 0.835. The lowest BCUT2D eigenvalue weighted by atomic mass is 9.96. The fourth-order valence-corrected chi connectivity index (χ4v) is 3.96. The monoisotopic (exact) mass is 359 g/mol. The highest BCUT2D eigenvalue weighted by Crippen LogP contribution is 2.27. The molecule has 0 saturated carbocycles. The normalized spacial score (nSPS) is 21.5. The highest BCUT2D eigenvalue weighted by atomic mass is 16.6. The van der Waals surface area contributed by atoms with Gasteiger partial charge in [-0.05, 0) is 50.9 Å². The second-order valence-electron chi connectivity index (χ2n) is 7.31. The average molecular weight is 359 g/mol. The molecule has 0 radical (unpaired) electrons. The van der Waals surface area contributed by atoms with E-state index >= 15 is 0 Å². The molecule has 0 N–H and O–H groups in total. The minimum Gasteiger partial charge on any atom is -0.336 e. The molecule has 2 aromatic heterocycles. The van der Waals surface area contributed by atoms with Crippen LogP contribution in [-0.4, -0.2) is 67.0 Å². The van der Waals surface area contributed by atoms with Crippen molar-refractivity contribution in [3.63, 3.8) is 0 Å². The van der Waals surface area contributed by atoms with Gasteiger partial charge in [0.05, 0.1) is 6.54 Å². The highest BCUT2D eigenvalue weighted by Gasteiger charge is 2.31. The van der Waals surface area contributed by atoms with Crippen LogP contribution < -0.4 is 0 Å². The number of carbonyl (C=O) groups excluding carboxylic acids is 1. The van der Waals surface area contributed by atoms with E-state index in [0.29, 0.717) is 17.9 Å². The van der Waals surface area contributed by atoms with Crippen LogP contribution in [-0.2, 0) is 13.6 Å². The first-order chi connectivity index (χ1) is 12.6. The Labute approximate surface area is 152 Å². The number of amides is 1. The van der Waals surface area contributed by atoms with Gasteiger partial charge in [0.15, 0.2) is 5.69 Å². The molecule has 140 valence electrons. The van der Waals surface area contributed by atoms with Crippen LogP contribution in [0, 0.1) is 6.92 Å². The Bertz CT molecular complexity index is 778. The minimum absolute atomic E-state index is 0.118. The molecular formula is C17H25N7O2. The van der Waals surface area contributed by atoms with Gasteiger partial charge in [-0.25, -0.2) is 4.63 Å². The zero-order chi connectivity index (χ0) is 18.1. The van der Waals surface area contributed by atoms with Gasteiger partial charge in [-0.2, -0.15) is 0 Å². The van der Waals surface area contributed by atoms with Crippen molar-refractivity contribution < 1.29 is 9.42 Å². The first kappa shape index (κ1) is 17.1. The lowest BCUT2D eigenvalue weighted by Gasteiger charge is -2.31. The number of nitrogens with zero attached hydrogens (tertiary/aromatic N) is 7. The molecule has 0 bridgehead atoms. The molecule has 0 aromatic carbocycles. The number of rotatable bonds is 4. The zero-order valence-electron chi connectivity index (χ0n) is 15.4. The maximum Gasteiger partial charge on any atom is 0.278 e. The molecule has 2 aliphatic heterocycles. The summed E-state index contributed by atoms with van der Waals surface area (Å²) in [4.78, 5) is 16.9. The molecule has 9 nitrogen and oxygen atoms in total. The van der Waals surface area contributed by atoms with E-state index < -0.39 is 0 Å². The summed E-state index contributed by atoms with van der Waals surface area (Å²) in [6.07, 6.45) is 4.48. The average Bonchev–Trinajstić information content (AvgIpc) is 3.38. The Hall–Kier alpha value is -2.29. The summed E-state index contributed by atoms with van der Waals surface area (Å²) < 4.78 is 6.79. The van der Waals surface area contributed by atoms with Crippen molar-refractivity contribution in [2.75, 3.05) is 26.2 Å². The van der Waals surface area contributed by atoms with E-state index in [2.05, 4.69) is 34.6 Å². The Morgan fingerprint density at radius 2 is 1.96 bits per heavy atom.